The summed E-state index contributed by atoms with van der Waals surface area (Å²) in [7, 11) is 1.48. The zero-order chi connectivity index (χ0) is 13.1. The quantitative estimate of drug-likeness (QED) is 0.832. The van der Waals surface area contributed by atoms with E-state index in [2.05, 4.69) is 0 Å². The van der Waals surface area contributed by atoms with Crippen molar-refractivity contribution in [2.24, 2.45) is 11.7 Å². The zero-order valence-corrected chi connectivity index (χ0v) is 10.4. The van der Waals surface area contributed by atoms with Gasteiger partial charge in [0, 0.05) is 18.7 Å². The average molecular weight is 250 g/mol. The largest absolute Gasteiger partial charge is 0.504 e. The first-order valence-corrected chi connectivity index (χ1v) is 6.02. The SMILES string of the molecule is COc1ccc(C(=O)N2CCC(CN)C2)cc1O. The number of rotatable bonds is 3. The number of methoxy groups -OCH3 is 1. The van der Waals surface area contributed by atoms with Gasteiger partial charge in [-0.25, -0.2) is 0 Å². The van der Waals surface area contributed by atoms with Crippen molar-refractivity contribution in [3.05, 3.63) is 23.8 Å². The Morgan fingerprint density at radius 1 is 1.61 bits per heavy atom. The molecule has 1 aromatic rings. The maximum absolute atomic E-state index is 12.2. The molecule has 0 saturated carbocycles. The number of aromatic hydroxyl groups is 1. The molecule has 1 fully saturated rings. The number of nitrogens with two attached hydrogens (primary N) is 1. The fourth-order valence-corrected chi connectivity index (χ4v) is 2.22. The van der Waals surface area contributed by atoms with Crippen LogP contribution in [0.2, 0.25) is 0 Å². The number of nitrogens with zero attached hydrogens (tertiary/aromatic N) is 1. The molecule has 1 heterocycles. The van der Waals surface area contributed by atoms with Gasteiger partial charge in [0.05, 0.1) is 7.11 Å². The lowest BCUT2D eigenvalue weighted by Crippen LogP contribution is -2.29. The Kier molecular flexibility index (Phi) is 3.72. The molecule has 0 radical (unpaired) electrons. The normalized spacial score (nSPS) is 19.0. The third-order valence-electron chi connectivity index (χ3n) is 3.33. The Balaban J connectivity index is 2.12. The first kappa shape index (κ1) is 12.7. The van der Waals surface area contributed by atoms with E-state index < -0.39 is 0 Å². The van der Waals surface area contributed by atoms with Crippen LogP contribution in [-0.4, -0.2) is 42.7 Å². The summed E-state index contributed by atoms with van der Waals surface area (Å²) in [5, 5.41) is 9.67. The van der Waals surface area contributed by atoms with Gasteiger partial charge in [-0.05, 0) is 37.1 Å². The molecule has 5 heteroatoms. The zero-order valence-electron chi connectivity index (χ0n) is 10.4. The molecule has 5 nitrogen and oxygen atoms in total. The van der Waals surface area contributed by atoms with E-state index in [1.54, 1.807) is 17.0 Å². The molecule has 1 saturated heterocycles. The second kappa shape index (κ2) is 5.27. The number of carbonyl (C=O) groups excluding carboxylic acids is 1. The van der Waals surface area contributed by atoms with Gasteiger partial charge in [0.2, 0.25) is 0 Å². The molecule has 1 aliphatic rings. The molecule has 0 aliphatic carbocycles. The Labute approximate surface area is 106 Å². The van der Waals surface area contributed by atoms with Crippen LogP contribution in [0.1, 0.15) is 16.8 Å². The summed E-state index contributed by atoms with van der Waals surface area (Å²) in [6.45, 7) is 2.03. The standard InChI is InChI=1S/C13H18N2O3/c1-18-12-3-2-10(6-11(12)16)13(17)15-5-4-9(7-14)8-15/h2-3,6,9,16H,4-5,7-8,14H2,1H3. The Hall–Kier alpha value is -1.75. The van der Waals surface area contributed by atoms with Gasteiger partial charge in [-0.2, -0.15) is 0 Å². The molecule has 1 aromatic carbocycles. The van der Waals surface area contributed by atoms with Crippen LogP contribution in [0.15, 0.2) is 18.2 Å². The van der Waals surface area contributed by atoms with E-state index >= 15 is 0 Å². The highest BCUT2D eigenvalue weighted by Gasteiger charge is 2.26. The van der Waals surface area contributed by atoms with Crippen molar-refractivity contribution in [3.8, 4) is 11.5 Å². The number of amides is 1. The summed E-state index contributed by atoms with van der Waals surface area (Å²) in [5.41, 5.74) is 6.08. The van der Waals surface area contributed by atoms with E-state index in [0.717, 1.165) is 13.0 Å². The minimum atomic E-state index is -0.0658. The lowest BCUT2D eigenvalue weighted by Gasteiger charge is -2.16. The number of phenols is 1. The number of benzene rings is 1. The van der Waals surface area contributed by atoms with Crippen molar-refractivity contribution in [1.29, 1.82) is 0 Å². The first-order valence-electron chi connectivity index (χ1n) is 6.02. The number of likely N-dealkylation sites (tertiary alicyclic amines) is 1. The Morgan fingerprint density at radius 2 is 2.39 bits per heavy atom. The number of phenolic OH excluding ortho intramolecular Hbond substituents is 1. The van der Waals surface area contributed by atoms with Crippen LogP contribution in [0.25, 0.3) is 0 Å². The lowest BCUT2D eigenvalue weighted by molar-refractivity contribution is 0.0787. The van der Waals surface area contributed by atoms with Crippen molar-refractivity contribution in [3.63, 3.8) is 0 Å². The van der Waals surface area contributed by atoms with E-state index in [1.807, 2.05) is 0 Å². The highest BCUT2D eigenvalue weighted by molar-refractivity contribution is 5.95. The van der Waals surface area contributed by atoms with E-state index in [-0.39, 0.29) is 11.7 Å². The molecule has 1 aliphatic heterocycles. The second-order valence-electron chi connectivity index (χ2n) is 4.53. The van der Waals surface area contributed by atoms with Gasteiger partial charge in [0.15, 0.2) is 11.5 Å². The molecule has 3 N–H and O–H groups in total. The van der Waals surface area contributed by atoms with Crippen LogP contribution in [0.5, 0.6) is 11.5 Å². The lowest BCUT2D eigenvalue weighted by atomic mass is 10.1. The van der Waals surface area contributed by atoms with Gasteiger partial charge in [-0.15, -0.1) is 0 Å². The monoisotopic (exact) mass is 250 g/mol. The van der Waals surface area contributed by atoms with E-state index in [4.69, 9.17) is 10.5 Å². The molecular formula is C13H18N2O3. The van der Waals surface area contributed by atoms with Crippen LogP contribution in [0, 0.1) is 5.92 Å². The Morgan fingerprint density at radius 3 is 2.94 bits per heavy atom. The van der Waals surface area contributed by atoms with Gasteiger partial charge >= 0.3 is 0 Å². The van der Waals surface area contributed by atoms with Gasteiger partial charge in [-0.1, -0.05) is 0 Å². The highest BCUT2D eigenvalue weighted by Crippen LogP contribution is 2.27. The molecule has 0 aromatic heterocycles. The fourth-order valence-electron chi connectivity index (χ4n) is 2.22. The van der Waals surface area contributed by atoms with Crippen molar-refractivity contribution >= 4 is 5.91 Å². The molecule has 0 spiro atoms. The van der Waals surface area contributed by atoms with Crippen molar-refractivity contribution in [2.75, 3.05) is 26.7 Å². The maximum atomic E-state index is 12.2. The number of hydrogen-bond acceptors (Lipinski definition) is 4. The smallest absolute Gasteiger partial charge is 0.254 e. The van der Waals surface area contributed by atoms with Crippen LogP contribution in [-0.2, 0) is 0 Å². The van der Waals surface area contributed by atoms with E-state index in [0.29, 0.717) is 30.3 Å². The second-order valence-corrected chi connectivity index (χ2v) is 4.53. The van der Waals surface area contributed by atoms with Crippen molar-refractivity contribution in [2.45, 2.75) is 6.42 Å². The van der Waals surface area contributed by atoms with Gasteiger partial charge < -0.3 is 20.5 Å². The fraction of sp³-hybridized carbons (Fsp3) is 0.462. The van der Waals surface area contributed by atoms with E-state index in [9.17, 15) is 9.90 Å². The molecule has 0 bridgehead atoms. The topological polar surface area (TPSA) is 75.8 Å². The van der Waals surface area contributed by atoms with Crippen LogP contribution in [0.4, 0.5) is 0 Å². The van der Waals surface area contributed by atoms with Gasteiger partial charge in [-0.3, -0.25) is 4.79 Å². The third-order valence-corrected chi connectivity index (χ3v) is 3.33. The number of carbonyl (C=O) groups is 1. The predicted molar refractivity (Wildman–Crippen MR) is 67.7 cm³/mol. The summed E-state index contributed by atoms with van der Waals surface area (Å²) in [6, 6.07) is 4.70. The molecule has 1 amide bonds. The van der Waals surface area contributed by atoms with Gasteiger partial charge in [0.1, 0.15) is 0 Å². The molecule has 2 rings (SSSR count). The molecule has 1 unspecified atom stereocenters. The van der Waals surface area contributed by atoms with Crippen LogP contribution in [0.3, 0.4) is 0 Å². The predicted octanol–water partition coefficient (Wildman–Crippen LogP) is 0.822. The average Bonchev–Trinajstić information content (AvgIpc) is 2.86. The molecule has 18 heavy (non-hydrogen) atoms. The van der Waals surface area contributed by atoms with Crippen LogP contribution >= 0.6 is 0 Å². The summed E-state index contributed by atoms with van der Waals surface area (Å²) < 4.78 is 4.95. The minimum Gasteiger partial charge on any atom is -0.504 e. The summed E-state index contributed by atoms with van der Waals surface area (Å²) in [6.07, 6.45) is 0.949. The van der Waals surface area contributed by atoms with Crippen molar-refractivity contribution < 1.29 is 14.6 Å². The third kappa shape index (κ3) is 2.41. The Bertz CT molecular complexity index is 448. The van der Waals surface area contributed by atoms with Crippen molar-refractivity contribution in [1.82, 2.24) is 4.90 Å². The molecule has 1 atom stereocenters. The number of ether oxygens (including phenoxy) is 1. The maximum Gasteiger partial charge on any atom is 0.254 e. The highest BCUT2D eigenvalue weighted by atomic mass is 16.5. The first-order chi connectivity index (χ1) is 8.65. The minimum absolute atomic E-state index is 0.0158. The summed E-state index contributed by atoms with van der Waals surface area (Å²) in [4.78, 5) is 14.0. The van der Waals surface area contributed by atoms with E-state index in [1.165, 1.54) is 13.2 Å². The van der Waals surface area contributed by atoms with Crippen LogP contribution < -0.4 is 10.5 Å². The molecular weight excluding hydrogens is 232 g/mol. The summed E-state index contributed by atoms with van der Waals surface area (Å²) in [5.74, 6) is 0.676. The molecule has 98 valence electrons. The van der Waals surface area contributed by atoms with Gasteiger partial charge in [0.25, 0.3) is 5.91 Å². The number of hydrogen-bond donors (Lipinski definition) is 2. The summed E-state index contributed by atoms with van der Waals surface area (Å²) >= 11 is 0.